The second kappa shape index (κ2) is 5.79. The molecular formula is C17H9F8N3S. The molecule has 0 aliphatic carbocycles. The summed E-state index contributed by atoms with van der Waals surface area (Å²) >= 11 is 0. The van der Waals surface area contributed by atoms with Gasteiger partial charge in [-0.2, -0.15) is 18.4 Å². The molecule has 0 saturated carbocycles. The lowest BCUT2D eigenvalue weighted by Gasteiger charge is -2.41. The number of pyridine rings is 2. The number of aromatic nitrogens is 2. The van der Waals surface area contributed by atoms with Crippen molar-refractivity contribution in [3.8, 4) is 6.07 Å². The average Bonchev–Trinajstić information content (AvgIpc) is 2.60. The van der Waals surface area contributed by atoms with Crippen LogP contribution in [0.5, 0.6) is 0 Å². The Hall–Kier alpha value is -2.94. The Morgan fingerprint density at radius 2 is 1.66 bits per heavy atom. The Kier molecular flexibility index (Phi) is 4.15. The zero-order valence-electron chi connectivity index (χ0n) is 14.0. The zero-order chi connectivity index (χ0) is 21.7. The summed E-state index contributed by atoms with van der Waals surface area (Å²) in [6.45, 7) is 0. The molecule has 0 aliphatic rings. The maximum Gasteiger partial charge on any atom is 0.433 e. The van der Waals surface area contributed by atoms with E-state index >= 15 is 0 Å². The van der Waals surface area contributed by atoms with Crippen molar-refractivity contribution in [2.45, 2.75) is 17.0 Å². The lowest BCUT2D eigenvalue weighted by atomic mass is 9.92. The van der Waals surface area contributed by atoms with Gasteiger partial charge in [-0.15, -0.1) is 0 Å². The van der Waals surface area contributed by atoms with Gasteiger partial charge in [0.25, 0.3) is 0 Å². The fraction of sp³-hybridized carbons (Fsp3) is 0.118. The molecular weight excluding hydrogens is 430 g/mol. The summed E-state index contributed by atoms with van der Waals surface area (Å²) in [5.41, 5.74) is -4.03. The number of hydrogen-bond donors (Lipinski definition) is 0. The van der Waals surface area contributed by atoms with Crippen molar-refractivity contribution in [2.24, 2.45) is 0 Å². The summed E-state index contributed by atoms with van der Waals surface area (Å²) in [7, 11) is -10.4. The van der Waals surface area contributed by atoms with Crippen LogP contribution in [0.4, 0.5) is 32.6 Å². The van der Waals surface area contributed by atoms with Gasteiger partial charge in [0.2, 0.25) is 0 Å². The third-order valence-electron chi connectivity index (χ3n) is 3.96. The number of fused-ring (bicyclic) bond motifs is 1. The van der Waals surface area contributed by atoms with Gasteiger partial charge in [0.05, 0.1) is 17.3 Å². The first-order valence-electron chi connectivity index (χ1n) is 7.67. The van der Waals surface area contributed by atoms with Crippen LogP contribution in [-0.2, 0) is 6.18 Å². The number of rotatable bonds is 3. The number of alkyl halides is 3. The number of para-hydroxylation sites is 1. The fourth-order valence-electron chi connectivity index (χ4n) is 2.79. The van der Waals surface area contributed by atoms with Crippen molar-refractivity contribution in [3.05, 3.63) is 65.6 Å². The molecule has 0 saturated heterocycles. The number of nitrogens with zero attached hydrogens (tertiary/aromatic N) is 3. The van der Waals surface area contributed by atoms with E-state index in [-0.39, 0.29) is 11.8 Å². The molecule has 12 heteroatoms. The van der Waals surface area contributed by atoms with Crippen molar-refractivity contribution in [2.75, 3.05) is 0 Å². The lowest BCUT2D eigenvalue weighted by molar-refractivity contribution is -0.141. The first kappa shape index (κ1) is 20.8. The van der Waals surface area contributed by atoms with Crippen LogP contribution in [0.15, 0.2) is 53.6 Å². The second-order valence-electron chi connectivity index (χ2n) is 6.03. The van der Waals surface area contributed by atoms with Gasteiger partial charge in [0.1, 0.15) is 16.5 Å². The molecule has 0 amide bonds. The molecule has 0 N–H and O–H groups in total. The van der Waals surface area contributed by atoms with E-state index in [9.17, 15) is 37.9 Å². The molecule has 0 radical (unpaired) electrons. The Balaban J connectivity index is 2.48. The Labute approximate surface area is 158 Å². The highest BCUT2D eigenvalue weighted by Gasteiger charge is 2.66. The first-order chi connectivity index (χ1) is 13.1. The van der Waals surface area contributed by atoms with E-state index in [1.54, 1.807) is 6.07 Å². The van der Waals surface area contributed by atoms with Crippen molar-refractivity contribution in [1.29, 1.82) is 5.26 Å². The van der Waals surface area contributed by atoms with Crippen LogP contribution in [0.2, 0.25) is 0 Å². The second-order valence-corrected chi connectivity index (χ2v) is 8.41. The molecule has 0 fully saturated rings. The smallest absolute Gasteiger partial charge is 0.260 e. The Morgan fingerprint density at radius 3 is 2.17 bits per heavy atom. The van der Waals surface area contributed by atoms with Crippen molar-refractivity contribution in [1.82, 2.24) is 9.97 Å². The van der Waals surface area contributed by atoms with E-state index in [2.05, 4.69) is 9.97 Å². The van der Waals surface area contributed by atoms with Gasteiger partial charge in [-0.1, -0.05) is 37.6 Å². The molecule has 0 bridgehead atoms. The predicted octanol–water partition coefficient (Wildman–Crippen LogP) is 6.96. The maximum atomic E-state index is 13.4. The number of benzene rings is 1. The summed E-state index contributed by atoms with van der Waals surface area (Å²) in [5.74, 6) is -1.54. The van der Waals surface area contributed by atoms with Gasteiger partial charge < -0.3 is 0 Å². The van der Waals surface area contributed by atoms with Crippen LogP contribution >= 0.6 is 10.2 Å². The molecule has 2 heterocycles. The average molecular weight is 439 g/mol. The van der Waals surface area contributed by atoms with Crippen LogP contribution in [0, 0.1) is 11.3 Å². The maximum absolute atomic E-state index is 13.4. The highest BCUT2D eigenvalue weighted by atomic mass is 32.5. The molecule has 3 aromatic rings. The molecule has 0 spiro atoms. The van der Waals surface area contributed by atoms with E-state index < -0.39 is 49.4 Å². The predicted molar refractivity (Wildman–Crippen MR) is 89.8 cm³/mol. The van der Waals surface area contributed by atoms with Crippen LogP contribution in [0.25, 0.3) is 10.9 Å². The number of nitriles is 1. The molecule has 154 valence electrons. The minimum atomic E-state index is -10.4. The number of hydrogen-bond acceptors (Lipinski definition) is 3. The van der Waals surface area contributed by atoms with E-state index in [1.165, 1.54) is 24.4 Å². The van der Waals surface area contributed by atoms with Crippen LogP contribution in [0.1, 0.15) is 22.9 Å². The molecule has 1 atom stereocenters. The van der Waals surface area contributed by atoms with Crippen molar-refractivity contribution < 1.29 is 32.6 Å². The van der Waals surface area contributed by atoms with Crippen LogP contribution in [0.3, 0.4) is 0 Å². The van der Waals surface area contributed by atoms with E-state index in [0.29, 0.717) is 12.1 Å². The molecule has 3 nitrogen and oxygen atoms in total. The summed E-state index contributed by atoms with van der Waals surface area (Å²) in [5, 5.41) is 8.81. The third-order valence-corrected chi connectivity index (χ3v) is 5.12. The molecule has 2 aromatic heterocycles. The van der Waals surface area contributed by atoms with E-state index in [0.717, 1.165) is 6.07 Å². The lowest BCUT2D eigenvalue weighted by Crippen LogP contribution is -2.14. The highest BCUT2D eigenvalue weighted by Crippen LogP contribution is 3.02. The fourth-order valence-corrected chi connectivity index (χ4v) is 3.64. The molecule has 0 aliphatic heterocycles. The third kappa shape index (κ3) is 4.09. The molecule has 29 heavy (non-hydrogen) atoms. The molecule has 3 rings (SSSR count). The van der Waals surface area contributed by atoms with Gasteiger partial charge >= 0.3 is 16.4 Å². The van der Waals surface area contributed by atoms with Gasteiger partial charge in [0, 0.05) is 11.6 Å². The summed E-state index contributed by atoms with van der Waals surface area (Å²) in [6, 6.07) is 7.69. The summed E-state index contributed by atoms with van der Waals surface area (Å²) in [4.78, 5) is 4.14. The first-order valence-corrected chi connectivity index (χ1v) is 9.62. The monoisotopic (exact) mass is 439 g/mol. The topological polar surface area (TPSA) is 49.6 Å². The Morgan fingerprint density at radius 1 is 0.966 bits per heavy atom. The zero-order valence-corrected chi connectivity index (χ0v) is 14.8. The van der Waals surface area contributed by atoms with Crippen LogP contribution in [-0.4, -0.2) is 9.97 Å². The summed E-state index contributed by atoms with van der Waals surface area (Å²) in [6.07, 6.45) is -4.01. The largest absolute Gasteiger partial charge is 0.433 e. The van der Waals surface area contributed by atoms with Gasteiger partial charge in [-0.3, -0.25) is 4.98 Å². The van der Waals surface area contributed by atoms with Crippen molar-refractivity contribution in [3.63, 3.8) is 0 Å². The normalized spacial score (nSPS) is 16.0. The van der Waals surface area contributed by atoms with Crippen LogP contribution < -0.4 is 0 Å². The van der Waals surface area contributed by atoms with E-state index in [4.69, 9.17) is 0 Å². The van der Waals surface area contributed by atoms with Gasteiger partial charge in [-0.05, 0) is 29.8 Å². The van der Waals surface area contributed by atoms with Gasteiger partial charge in [-0.25, -0.2) is 4.98 Å². The van der Waals surface area contributed by atoms with Gasteiger partial charge in [0.15, 0.2) is 0 Å². The van der Waals surface area contributed by atoms with E-state index in [1.807, 2.05) is 0 Å². The molecule has 1 unspecified atom stereocenters. The quantitative estimate of drug-likeness (QED) is 0.415. The number of halogens is 8. The highest BCUT2D eigenvalue weighted by molar-refractivity contribution is 8.46. The standard InChI is InChI=1S/C17H9F8N3S/c18-17(19,20)15-8-11(12(9-26)13-5-1-2-7-27-13)10-4-3-6-14(16(10)28-15)29(21,22,23,24)25/h1-8,12H. The Bertz CT molecular complexity index is 1140. The van der Waals surface area contributed by atoms with Crippen molar-refractivity contribution >= 4 is 21.1 Å². The molecule has 1 aromatic carbocycles. The SMILES string of the molecule is N#CC(c1ccccn1)c1cc(C(F)(F)F)nc2c(S(F)(F)(F)(F)F)cccc12. The minimum absolute atomic E-state index is 0.0248. The summed E-state index contributed by atoms with van der Waals surface area (Å²) < 4.78 is 107. The minimum Gasteiger partial charge on any atom is -0.260 e.